The van der Waals surface area contributed by atoms with Crippen molar-refractivity contribution in [3.63, 3.8) is 0 Å². The van der Waals surface area contributed by atoms with Crippen molar-refractivity contribution in [1.82, 2.24) is 0 Å². The van der Waals surface area contributed by atoms with Crippen LogP contribution in [0.25, 0.3) is 34.4 Å². The first-order chi connectivity index (χ1) is 23.8. The molecule has 0 radical (unpaired) electrons. The van der Waals surface area contributed by atoms with Gasteiger partial charge in [0, 0.05) is 0 Å². The van der Waals surface area contributed by atoms with Gasteiger partial charge in [-0.3, -0.25) is 0 Å². The maximum atomic E-state index is 2.76. The molecular formula is C51H66Hf. The molecular weight excluding hydrogens is 791 g/mol. The molecule has 0 spiro atoms. The number of allylic oxidation sites excluding steroid dienone is 2. The van der Waals surface area contributed by atoms with Gasteiger partial charge in [0.25, 0.3) is 0 Å². The zero-order valence-corrected chi connectivity index (χ0v) is 39.0. The fraction of sp³-hybridized carbons (Fsp3) is 0.431. The third-order valence-electron chi connectivity index (χ3n) is 13.3. The van der Waals surface area contributed by atoms with E-state index in [-0.39, 0.29) is 21.7 Å². The van der Waals surface area contributed by atoms with Crippen LogP contribution in [0.15, 0.2) is 84.9 Å². The van der Waals surface area contributed by atoms with Crippen LogP contribution in [-0.4, -0.2) is 3.26 Å². The van der Waals surface area contributed by atoms with E-state index < -0.39 is 18.0 Å². The summed E-state index contributed by atoms with van der Waals surface area (Å²) in [6.45, 7) is 33.0. The van der Waals surface area contributed by atoms with Crippen molar-refractivity contribution < 1.29 is 18.0 Å². The van der Waals surface area contributed by atoms with E-state index in [9.17, 15) is 0 Å². The Hall–Kier alpha value is -2.90. The van der Waals surface area contributed by atoms with Gasteiger partial charge in [-0.2, -0.15) is 0 Å². The van der Waals surface area contributed by atoms with Gasteiger partial charge in [-0.15, -0.1) is 0 Å². The Morgan fingerprint density at radius 3 is 1.04 bits per heavy atom. The van der Waals surface area contributed by atoms with Gasteiger partial charge in [-0.1, -0.05) is 0 Å². The molecule has 0 aliphatic heterocycles. The number of fused-ring (bicyclic) bond motifs is 2. The van der Waals surface area contributed by atoms with Crippen LogP contribution in [0.3, 0.4) is 0 Å². The Balaban J connectivity index is 1.50. The van der Waals surface area contributed by atoms with E-state index in [2.05, 4.69) is 203 Å². The van der Waals surface area contributed by atoms with Crippen LogP contribution in [0, 0.1) is 0 Å². The van der Waals surface area contributed by atoms with Gasteiger partial charge >= 0.3 is 320 Å². The van der Waals surface area contributed by atoms with E-state index in [4.69, 9.17) is 0 Å². The zero-order chi connectivity index (χ0) is 38.4. The van der Waals surface area contributed by atoms with Gasteiger partial charge in [-0.25, -0.2) is 0 Å². The average molecular weight is 858 g/mol. The van der Waals surface area contributed by atoms with E-state index in [1.54, 1.807) is 3.26 Å². The fourth-order valence-corrected chi connectivity index (χ4v) is 28.3. The standard InChI is InChI=1S/2C23H27.C3H6.2CH3.Hf/c2*1-22(2,3)18-13-17(14-19(15-18)23(4,5)6)21-12-8-10-16-9-7-11-20(16)21;1-3-2;;;/h2*7-15H,1-6H3;1-2H3;2*1H3;. The van der Waals surface area contributed by atoms with E-state index in [0.29, 0.717) is 7.35 Å². The number of hydrogen-bond acceptors (Lipinski definition) is 0. The van der Waals surface area contributed by atoms with E-state index in [0.717, 1.165) is 0 Å². The number of hydrogen-bond donors (Lipinski definition) is 0. The molecule has 0 nitrogen and oxygen atoms in total. The topological polar surface area (TPSA) is 0 Å². The summed E-state index contributed by atoms with van der Waals surface area (Å²) < 4.78 is 8.07. The SMILES string of the molecule is C[C](C)=[Hf]([CH3])([CH3])([CH]1C=Cc2c(-c3cc(C(C)(C)C)cc(C(C)(C)C)c3)cccc21)[CH]1C=Cc2c(-c3cc(C(C)(C)C)cc(C(C)(C)C)c3)cccc21. The molecule has 4 aromatic rings. The van der Waals surface area contributed by atoms with Crippen LogP contribution in [0.1, 0.15) is 149 Å². The second kappa shape index (κ2) is 12.6. The van der Waals surface area contributed by atoms with Crippen molar-refractivity contribution in [1.29, 1.82) is 0 Å². The summed E-state index contributed by atoms with van der Waals surface area (Å²) in [6.07, 6.45) is 10.2. The van der Waals surface area contributed by atoms with Gasteiger partial charge in [-0.05, 0) is 0 Å². The molecule has 0 N–H and O–H groups in total. The first-order valence-electron chi connectivity index (χ1n) is 19.8. The molecule has 2 atom stereocenters. The van der Waals surface area contributed by atoms with Crippen LogP contribution in [-0.2, 0) is 39.7 Å². The molecule has 274 valence electrons. The summed E-state index contributed by atoms with van der Waals surface area (Å²) in [7, 11) is 0. The van der Waals surface area contributed by atoms with Gasteiger partial charge in [0.2, 0.25) is 0 Å². The monoisotopic (exact) mass is 858 g/mol. The minimum absolute atomic E-state index is 0.0764. The maximum absolute atomic E-state index is 4.04. The summed E-state index contributed by atoms with van der Waals surface area (Å²) in [5.74, 6) is 0. The first kappa shape index (κ1) is 38.8. The number of rotatable bonds is 4. The molecule has 4 aromatic carbocycles. The van der Waals surface area contributed by atoms with Crippen molar-refractivity contribution in [3.05, 3.63) is 129 Å². The summed E-state index contributed by atoms with van der Waals surface area (Å²) in [6, 6.07) is 29.1. The average Bonchev–Trinajstić information content (AvgIpc) is 3.69. The molecule has 0 saturated heterocycles. The van der Waals surface area contributed by atoms with Crippen molar-refractivity contribution in [2.45, 2.75) is 135 Å². The van der Waals surface area contributed by atoms with E-state index >= 15 is 0 Å². The normalized spacial score (nSPS) is 17.8. The van der Waals surface area contributed by atoms with Crippen molar-refractivity contribution in [3.8, 4) is 22.3 Å². The molecule has 2 aliphatic carbocycles. The minimum atomic E-state index is -4.04. The van der Waals surface area contributed by atoms with Crippen molar-refractivity contribution >= 4 is 15.4 Å². The predicted octanol–water partition coefficient (Wildman–Crippen LogP) is 15.0. The molecule has 2 unspecified atom stereocenters. The molecule has 0 fully saturated rings. The summed E-state index contributed by atoms with van der Waals surface area (Å²) in [4.78, 5) is 0. The third kappa shape index (κ3) is 6.61. The van der Waals surface area contributed by atoms with Crippen LogP contribution in [0.4, 0.5) is 0 Å². The van der Waals surface area contributed by atoms with Crippen LogP contribution < -0.4 is 0 Å². The molecule has 0 amide bonds. The van der Waals surface area contributed by atoms with Gasteiger partial charge in [0.15, 0.2) is 0 Å². The Labute approximate surface area is 318 Å². The molecule has 0 bridgehead atoms. The Morgan fingerprint density at radius 1 is 0.462 bits per heavy atom. The van der Waals surface area contributed by atoms with Gasteiger partial charge in [0.1, 0.15) is 0 Å². The Bertz CT molecular complexity index is 1980. The van der Waals surface area contributed by atoms with Crippen molar-refractivity contribution in [2.75, 3.05) is 0 Å². The molecule has 0 heterocycles. The summed E-state index contributed by atoms with van der Waals surface area (Å²) in [5.41, 5.74) is 17.3. The molecule has 6 rings (SSSR count). The third-order valence-corrected chi connectivity index (χ3v) is 42.0. The number of benzene rings is 4. The summed E-state index contributed by atoms with van der Waals surface area (Å²) >= 11 is -4.04. The second-order valence-corrected chi connectivity index (χ2v) is 48.3. The summed E-state index contributed by atoms with van der Waals surface area (Å²) in [5, 5.41) is 0. The van der Waals surface area contributed by atoms with Crippen LogP contribution in [0.5, 0.6) is 0 Å². The van der Waals surface area contributed by atoms with E-state index in [1.807, 2.05) is 0 Å². The van der Waals surface area contributed by atoms with Crippen LogP contribution >= 0.6 is 0 Å². The predicted molar refractivity (Wildman–Crippen MR) is 230 cm³/mol. The quantitative estimate of drug-likeness (QED) is 0.179. The Morgan fingerprint density at radius 2 is 0.769 bits per heavy atom. The molecule has 0 saturated carbocycles. The van der Waals surface area contributed by atoms with Gasteiger partial charge in [0.05, 0.1) is 0 Å². The van der Waals surface area contributed by atoms with Crippen LogP contribution in [0.2, 0.25) is 9.36 Å². The molecule has 0 aromatic heterocycles. The van der Waals surface area contributed by atoms with E-state index in [1.165, 1.54) is 66.8 Å². The Kier molecular flexibility index (Phi) is 9.39. The zero-order valence-electron chi connectivity index (χ0n) is 35.4. The molecule has 2 aliphatic rings. The van der Waals surface area contributed by atoms with Crippen molar-refractivity contribution in [2.24, 2.45) is 0 Å². The first-order valence-corrected chi connectivity index (χ1v) is 32.9. The molecule has 1 heteroatoms. The molecule has 52 heavy (non-hydrogen) atoms. The fourth-order valence-electron chi connectivity index (χ4n) is 8.84. The van der Waals surface area contributed by atoms with Gasteiger partial charge < -0.3 is 0 Å². The second-order valence-electron chi connectivity index (χ2n) is 21.5.